The molecule has 27 heavy (non-hydrogen) atoms. The van der Waals surface area contributed by atoms with Gasteiger partial charge in [0.15, 0.2) is 0 Å². The van der Waals surface area contributed by atoms with Crippen LogP contribution in [0.25, 0.3) is 0 Å². The van der Waals surface area contributed by atoms with E-state index in [-0.39, 0.29) is 10.8 Å². The average molecular weight is 409 g/mol. The zero-order valence-corrected chi connectivity index (χ0v) is 16.7. The molecule has 0 radical (unpaired) electrons. The number of anilines is 1. The van der Waals surface area contributed by atoms with Crippen LogP contribution in [0.3, 0.4) is 0 Å². The third kappa shape index (κ3) is 3.73. The first-order valence-electron chi connectivity index (χ1n) is 8.50. The summed E-state index contributed by atoms with van der Waals surface area (Å²) in [6, 6.07) is 13.4. The summed E-state index contributed by atoms with van der Waals surface area (Å²) in [6.07, 6.45) is 2.48. The molecule has 1 saturated carbocycles. The van der Waals surface area contributed by atoms with Crippen LogP contribution >= 0.6 is 11.6 Å². The van der Waals surface area contributed by atoms with Crippen molar-refractivity contribution >= 4 is 33.2 Å². The molecule has 1 fully saturated rings. The number of rotatable bonds is 6. The lowest BCUT2D eigenvalue weighted by Crippen LogP contribution is -2.46. The molecule has 0 saturated heterocycles. The van der Waals surface area contributed by atoms with Crippen molar-refractivity contribution < 1.29 is 18.0 Å². The van der Waals surface area contributed by atoms with Crippen molar-refractivity contribution in [3.8, 4) is 0 Å². The van der Waals surface area contributed by atoms with E-state index in [2.05, 4.69) is 5.32 Å². The number of hydroxylamine groups is 1. The van der Waals surface area contributed by atoms with Gasteiger partial charge in [-0.3, -0.25) is 9.63 Å². The highest BCUT2D eigenvalue weighted by Gasteiger charge is 2.45. The Morgan fingerprint density at radius 3 is 2.37 bits per heavy atom. The zero-order chi connectivity index (χ0) is 19.7. The Hall–Kier alpha value is -1.93. The van der Waals surface area contributed by atoms with Crippen LogP contribution in [0, 0.1) is 0 Å². The predicted molar refractivity (Wildman–Crippen MR) is 104 cm³/mol. The summed E-state index contributed by atoms with van der Waals surface area (Å²) >= 11 is 6.09. The molecule has 6 nitrogen and oxygen atoms in total. The number of hydrogen-bond donors (Lipinski definition) is 1. The largest absolute Gasteiger partial charge is 0.325 e. The fourth-order valence-corrected chi connectivity index (χ4v) is 4.33. The molecule has 0 atom stereocenters. The van der Waals surface area contributed by atoms with E-state index in [0.717, 1.165) is 29.3 Å². The number of sulfonamides is 1. The van der Waals surface area contributed by atoms with Crippen LogP contribution in [0.15, 0.2) is 53.4 Å². The molecule has 2 aromatic rings. The Labute approximate surface area is 164 Å². The van der Waals surface area contributed by atoms with Crippen molar-refractivity contribution in [2.24, 2.45) is 0 Å². The van der Waals surface area contributed by atoms with Crippen molar-refractivity contribution in [2.45, 2.75) is 29.6 Å². The van der Waals surface area contributed by atoms with E-state index in [0.29, 0.717) is 10.7 Å². The summed E-state index contributed by atoms with van der Waals surface area (Å²) in [5, 5.41) is 3.50. The summed E-state index contributed by atoms with van der Waals surface area (Å²) in [5.74, 6) is -0.111. The number of hydrogen-bond acceptors (Lipinski definition) is 4. The van der Waals surface area contributed by atoms with Gasteiger partial charge in [0, 0.05) is 17.8 Å². The third-order valence-corrected chi connectivity index (χ3v) is 6.95. The second-order valence-electron chi connectivity index (χ2n) is 6.52. The van der Waals surface area contributed by atoms with Crippen LogP contribution in [0.4, 0.5) is 5.69 Å². The molecule has 8 heteroatoms. The van der Waals surface area contributed by atoms with E-state index in [9.17, 15) is 13.2 Å². The van der Waals surface area contributed by atoms with Gasteiger partial charge in [-0.2, -0.15) is 0 Å². The van der Waals surface area contributed by atoms with E-state index in [1.54, 1.807) is 18.2 Å². The molecular formula is C19H21ClN2O4S. The summed E-state index contributed by atoms with van der Waals surface area (Å²) in [7, 11) is -1.13. The van der Waals surface area contributed by atoms with Crippen LogP contribution in [0.2, 0.25) is 5.02 Å². The lowest BCUT2D eigenvalue weighted by Gasteiger charge is -2.40. The fourth-order valence-electron chi connectivity index (χ4n) is 3.17. The molecular weight excluding hydrogens is 388 g/mol. The Balaban J connectivity index is 1.80. The molecule has 1 aliphatic rings. The number of nitrogens with one attached hydrogen (secondary N) is 1. The second-order valence-corrected chi connectivity index (χ2v) is 8.89. The molecule has 2 aromatic carbocycles. The highest BCUT2D eigenvalue weighted by Crippen LogP contribution is 2.45. The van der Waals surface area contributed by atoms with Crippen molar-refractivity contribution in [2.75, 3.05) is 19.5 Å². The lowest BCUT2D eigenvalue weighted by atomic mass is 9.64. The van der Waals surface area contributed by atoms with Gasteiger partial charge in [-0.1, -0.05) is 34.6 Å². The van der Waals surface area contributed by atoms with Gasteiger partial charge >= 0.3 is 0 Å². The minimum atomic E-state index is -3.72. The van der Waals surface area contributed by atoms with Crippen molar-refractivity contribution in [3.05, 3.63) is 59.1 Å². The molecule has 1 amide bonds. The second kappa shape index (κ2) is 7.59. The standard InChI is InChI=1S/C19H21ClN2O4S/c1-22(26-2)27(24,25)17-9-7-16(8-10-17)21-18(23)19(11-4-12-19)14-5-3-6-15(20)13-14/h3,5-10,13H,4,11-12H2,1-2H3,(H,21,23). The van der Waals surface area contributed by atoms with Gasteiger partial charge in [-0.05, 0) is 54.8 Å². The van der Waals surface area contributed by atoms with E-state index >= 15 is 0 Å². The monoisotopic (exact) mass is 408 g/mol. The smallest absolute Gasteiger partial charge is 0.264 e. The number of carbonyl (C=O) groups excluding carboxylic acids is 1. The first kappa shape index (κ1) is 19.8. The van der Waals surface area contributed by atoms with Crippen molar-refractivity contribution in [1.29, 1.82) is 0 Å². The van der Waals surface area contributed by atoms with Crippen LogP contribution in [-0.4, -0.2) is 33.0 Å². The molecule has 144 valence electrons. The van der Waals surface area contributed by atoms with Crippen molar-refractivity contribution in [1.82, 2.24) is 4.47 Å². The topological polar surface area (TPSA) is 75.7 Å². The average Bonchev–Trinajstić information content (AvgIpc) is 2.60. The first-order valence-corrected chi connectivity index (χ1v) is 10.3. The van der Waals surface area contributed by atoms with Crippen molar-refractivity contribution in [3.63, 3.8) is 0 Å². The van der Waals surface area contributed by atoms with Crippen LogP contribution in [0.5, 0.6) is 0 Å². The summed E-state index contributed by atoms with van der Waals surface area (Å²) < 4.78 is 25.2. The number of nitrogens with zero attached hydrogens (tertiary/aromatic N) is 1. The van der Waals surface area contributed by atoms with E-state index in [1.807, 2.05) is 18.2 Å². The number of benzene rings is 2. The van der Waals surface area contributed by atoms with Gasteiger partial charge in [-0.15, -0.1) is 0 Å². The SMILES string of the molecule is CON(C)S(=O)(=O)c1ccc(NC(=O)C2(c3cccc(Cl)c3)CCC2)cc1. The van der Waals surface area contributed by atoms with Gasteiger partial charge in [-0.25, -0.2) is 8.42 Å². The highest BCUT2D eigenvalue weighted by atomic mass is 35.5. The number of carbonyl (C=O) groups is 1. The minimum absolute atomic E-state index is 0.0815. The molecule has 0 bridgehead atoms. The number of amides is 1. The number of halogens is 1. The Bertz CT molecular complexity index is 940. The summed E-state index contributed by atoms with van der Waals surface area (Å²) in [6.45, 7) is 0. The molecule has 1 aliphatic carbocycles. The quantitative estimate of drug-likeness (QED) is 0.741. The Morgan fingerprint density at radius 2 is 1.85 bits per heavy atom. The maximum absolute atomic E-state index is 13.0. The van der Waals surface area contributed by atoms with Gasteiger partial charge in [0.25, 0.3) is 10.0 Å². The molecule has 0 aliphatic heterocycles. The van der Waals surface area contributed by atoms with Gasteiger partial charge in [0.1, 0.15) is 0 Å². The zero-order valence-electron chi connectivity index (χ0n) is 15.1. The van der Waals surface area contributed by atoms with Gasteiger partial charge < -0.3 is 5.32 Å². The van der Waals surface area contributed by atoms with E-state index < -0.39 is 15.4 Å². The minimum Gasteiger partial charge on any atom is -0.325 e. The van der Waals surface area contributed by atoms with E-state index in [1.165, 1.54) is 26.3 Å². The first-order chi connectivity index (χ1) is 12.8. The summed E-state index contributed by atoms with van der Waals surface area (Å²) in [4.78, 5) is 17.8. The van der Waals surface area contributed by atoms with Gasteiger partial charge in [0.05, 0.1) is 17.4 Å². The maximum Gasteiger partial charge on any atom is 0.264 e. The van der Waals surface area contributed by atoms with Crippen LogP contribution in [-0.2, 0) is 25.1 Å². The fraction of sp³-hybridized carbons (Fsp3) is 0.316. The summed E-state index contributed by atoms with van der Waals surface area (Å²) in [5.41, 5.74) is 0.846. The van der Waals surface area contributed by atoms with E-state index in [4.69, 9.17) is 16.4 Å². The lowest BCUT2D eigenvalue weighted by molar-refractivity contribution is -0.124. The molecule has 1 N–H and O–H groups in total. The molecule has 0 spiro atoms. The highest BCUT2D eigenvalue weighted by molar-refractivity contribution is 7.89. The predicted octanol–water partition coefficient (Wildman–Crippen LogP) is 3.58. The maximum atomic E-state index is 13.0. The molecule has 3 rings (SSSR count). The Morgan fingerprint density at radius 1 is 1.19 bits per heavy atom. The van der Waals surface area contributed by atoms with Crippen LogP contribution < -0.4 is 5.32 Å². The third-order valence-electron chi connectivity index (χ3n) is 5.02. The normalized spacial score (nSPS) is 16.0. The van der Waals surface area contributed by atoms with Crippen LogP contribution in [0.1, 0.15) is 24.8 Å². The van der Waals surface area contributed by atoms with Gasteiger partial charge in [0.2, 0.25) is 5.91 Å². The molecule has 0 unspecified atom stereocenters. The Kier molecular flexibility index (Phi) is 5.58. The molecule has 0 aromatic heterocycles. The molecule has 0 heterocycles.